The van der Waals surface area contributed by atoms with E-state index >= 15 is 0 Å². The summed E-state index contributed by atoms with van der Waals surface area (Å²) in [5.74, 6) is 0.256. The maximum absolute atomic E-state index is 12.3. The van der Waals surface area contributed by atoms with Crippen LogP contribution in [0.4, 0.5) is 0 Å². The maximum Gasteiger partial charge on any atom is 0.176 e. The molecular weight excluding hydrogens is 236 g/mol. The van der Waals surface area contributed by atoms with Gasteiger partial charge in [0.15, 0.2) is 5.78 Å². The molecule has 0 aliphatic carbocycles. The Kier molecular flexibility index (Phi) is 3.67. The van der Waals surface area contributed by atoms with E-state index in [2.05, 4.69) is 9.80 Å². The van der Waals surface area contributed by atoms with Gasteiger partial charge in [-0.15, -0.1) is 0 Å². The molecule has 2 heterocycles. The predicted octanol–water partition coefficient (Wildman–Crippen LogP) is 1.96. The number of hydrogen-bond donors (Lipinski definition) is 0. The second-order valence-corrected chi connectivity index (χ2v) is 5.86. The van der Waals surface area contributed by atoms with Crippen molar-refractivity contribution < 1.29 is 4.79 Å². The Bertz CT molecular complexity index is 454. The van der Waals surface area contributed by atoms with E-state index < -0.39 is 0 Å². The molecule has 0 N–H and O–H groups in total. The molecule has 1 aromatic rings. The summed E-state index contributed by atoms with van der Waals surface area (Å²) in [4.78, 5) is 17.2. The zero-order chi connectivity index (χ0) is 13.2. The van der Waals surface area contributed by atoms with Crippen molar-refractivity contribution >= 4 is 5.78 Å². The third kappa shape index (κ3) is 2.88. The van der Waals surface area contributed by atoms with E-state index in [0.29, 0.717) is 12.6 Å². The number of rotatable bonds is 3. The van der Waals surface area contributed by atoms with E-state index in [9.17, 15) is 4.79 Å². The maximum atomic E-state index is 12.3. The molecule has 3 heteroatoms. The van der Waals surface area contributed by atoms with Crippen LogP contribution in [0.25, 0.3) is 0 Å². The van der Waals surface area contributed by atoms with Gasteiger partial charge in [-0.25, -0.2) is 0 Å². The molecule has 0 saturated carbocycles. The second-order valence-electron chi connectivity index (χ2n) is 5.86. The van der Waals surface area contributed by atoms with Gasteiger partial charge < -0.3 is 0 Å². The average Bonchev–Trinajstić information content (AvgIpc) is 2.87. The monoisotopic (exact) mass is 258 g/mol. The minimum atomic E-state index is 0.256. The fourth-order valence-corrected chi connectivity index (χ4v) is 3.23. The highest BCUT2D eigenvalue weighted by Gasteiger charge is 2.31. The van der Waals surface area contributed by atoms with E-state index in [-0.39, 0.29) is 5.78 Å². The number of hydrogen-bond acceptors (Lipinski definition) is 3. The number of carbonyl (C=O) groups excluding carboxylic acids is 1. The van der Waals surface area contributed by atoms with Crippen molar-refractivity contribution in [1.82, 2.24) is 9.80 Å². The molecular formula is C16H22N2O. The molecule has 0 radical (unpaired) electrons. The quantitative estimate of drug-likeness (QED) is 0.774. The number of benzene rings is 1. The number of Topliss-reactive ketones (excluding diaryl/α,β-unsaturated/α-hetero) is 1. The highest BCUT2D eigenvalue weighted by Crippen LogP contribution is 2.21. The Morgan fingerprint density at radius 1 is 1.21 bits per heavy atom. The molecule has 0 bridgehead atoms. The normalized spacial score (nSPS) is 24.4. The lowest BCUT2D eigenvalue weighted by Crippen LogP contribution is -2.51. The number of aryl methyl sites for hydroxylation is 1. The van der Waals surface area contributed by atoms with Gasteiger partial charge in [0.25, 0.3) is 0 Å². The third-order valence-electron chi connectivity index (χ3n) is 4.41. The lowest BCUT2D eigenvalue weighted by molar-refractivity contribution is 0.0784. The fraction of sp³-hybridized carbons (Fsp3) is 0.562. The number of carbonyl (C=O) groups is 1. The summed E-state index contributed by atoms with van der Waals surface area (Å²) < 4.78 is 0. The summed E-state index contributed by atoms with van der Waals surface area (Å²) >= 11 is 0. The lowest BCUT2D eigenvalue weighted by Gasteiger charge is -2.37. The van der Waals surface area contributed by atoms with Crippen LogP contribution in [0.15, 0.2) is 24.3 Å². The van der Waals surface area contributed by atoms with Crippen LogP contribution in [0, 0.1) is 6.92 Å². The van der Waals surface area contributed by atoms with Crippen LogP contribution in [0.3, 0.4) is 0 Å². The smallest absolute Gasteiger partial charge is 0.176 e. The molecule has 19 heavy (non-hydrogen) atoms. The molecule has 1 unspecified atom stereocenters. The van der Waals surface area contributed by atoms with Gasteiger partial charge in [0, 0.05) is 31.2 Å². The third-order valence-corrected chi connectivity index (χ3v) is 4.41. The zero-order valence-electron chi connectivity index (χ0n) is 11.6. The molecule has 102 valence electrons. The number of ketones is 1. The topological polar surface area (TPSA) is 23.6 Å². The van der Waals surface area contributed by atoms with E-state index in [0.717, 1.165) is 25.2 Å². The first-order valence-electron chi connectivity index (χ1n) is 7.28. The van der Waals surface area contributed by atoms with Crippen LogP contribution in [0.2, 0.25) is 0 Å². The minimum Gasteiger partial charge on any atom is -0.298 e. The molecule has 0 aromatic heterocycles. The summed E-state index contributed by atoms with van der Waals surface area (Å²) in [5, 5.41) is 0. The van der Waals surface area contributed by atoms with E-state index in [4.69, 9.17) is 0 Å². The van der Waals surface area contributed by atoms with Crippen LogP contribution in [0.1, 0.15) is 28.8 Å². The Hall–Kier alpha value is -1.19. The van der Waals surface area contributed by atoms with Crippen LogP contribution < -0.4 is 0 Å². The van der Waals surface area contributed by atoms with Crippen molar-refractivity contribution in [3.8, 4) is 0 Å². The second kappa shape index (κ2) is 5.43. The highest BCUT2D eigenvalue weighted by atomic mass is 16.1. The summed E-state index contributed by atoms with van der Waals surface area (Å²) in [7, 11) is 0. The van der Waals surface area contributed by atoms with Gasteiger partial charge in [-0.1, -0.05) is 29.8 Å². The van der Waals surface area contributed by atoms with Crippen LogP contribution in [-0.4, -0.2) is 54.3 Å². The molecule has 3 nitrogen and oxygen atoms in total. The van der Waals surface area contributed by atoms with Crippen LogP contribution in [-0.2, 0) is 0 Å². The molecule has 1 aromatic carbocycles. The fourth-order valence-electron chi connectivity index (χ4n) is 3.23. The van der Waals surface area contributed by atoms with E-state index in [1.165, 1.54) is 24.9 Å². The van der Waals surface area contributed by atoms with Crippen molar-refractivity contribution in [3.63, 3.8) is 0 Å². The molecule has 0 amide bonds. The van der Waals surface area contributed by atoms with Crippen molar-refractivity contribution in [2.45, 2.75) is 25.8 Å². The summed E-state index contributed by atoms with van der Waals surface area (Å²) in [6, 6.07) is 8.62. The molecule has 2 saturated heterocycles. The SMILES string of the molecule is Cc1ccc(C(=O)CN2CCN3CCCC3C2)cc1. The van der Waals surface area contributed by atoms with E-state index in [1.807, 2.05) is 31.2 Å². The van der Waals surface area contributed by atoms with Gasteiger partial charge in [-0.3, -0.25) is 14.6 Å². The molecule has 2 aliphatic heterocycles. The van der Waals surface area contributed by atoms with Crippen molar-refractivity contribution in [2.24, 2.45) is 0 Å². The van der Waals surface area contributed by atoms with Gasteiger partial charge in [0.1, 0.15) is 0 Å². The predicted molar refractivity (Wildman–Crippen MR) is 76.5 cm³/mol. The van der Waals surface area contributed by atoms with E-state index in [1.54, 1.807) is 0 Å². The Balaban J connectivity index is 1.59. The molecule has 2 aliphatic rings. The van der Waals surface area contributed by atoms with Crippen molar-refractivity contribution in [1.29, 1.82) is 0 Å². The summed E-state index contributed by atoms with van der Waals surface area (Å²) in [5.41, 5.74) is 2.05. The van der Waals surface area contributed by atoms with Gasteiger partial charge in [0.05, 0.1) is 6.54 Å². The minimum absolute atomic E-state index is 0.256. The number of nitrogens with zero attached hydrogens (tertiary/aromatic N) is 2. The van der Waals surface area contributed by atoms with Crippen molar-refractivity contribution in [3.05, 3.63) is 35.4 Å². The van der Waals surface area contributed by atoms with Gasteiger partial charge in [-0.05, 0) is 26.3 Å². The summed E-state index contributed by atoms with van der Waals surface area (Å²) in [6.07, 6.45) is 2.62. The van der Waals surface area contributed by atoms with Crippen molar-refractivity contribution in [2.75, 3.05) is 32.7 Å². The Morgan fingerprint density at radius 3 is 2.79 bits per heavy atom. The number of piperazine rings is 1. The highest BCUT2D eigenvalue weighted by molar-refractivity contribution is 5.97. The largest absolute Gasteiger partial charge is 0.298 e. The lowest BCUT2D eigenvalue weighted by atomic mass is 10.1. The number of fused-ring (bicyclic) bond motifs is 1. The summed E-state index contributed by atoms with van der Waals surface area (Å²) in [6.45, 7) is 7.11. The average molecular weight is 258 g/mol. The van der Waals surface area contributed by atoms with Gasteiger partial charge >= 0.3 is 0 Å². The molecule has 0 spiro atoms. The van der Waals surface area contributed by atoms with Crippen LogP contribution >= 0.6 is 0 Å². The standard InChI is InChI=1S/C16H22N2O/c1-13-4-6-14(7-5-13)16(19)12-17-9-10-18-8-2-3-15(18)11-17/h4-7,15H,2-3,8-12H2,1H3. The molecule has 2 fully saturated rings. The Labute approximate surface area is 115 Å². The first-order valence-corrected chi connectivity index (χ1v) is 7.28. The first kappa shape index (κ1) is 12.8. The first-order chi connectivity index (χ1) is 9.22. The molecule has 3 rings (SSSR count). The molecule has 1 atom stereocenters. The Morgan fingerprint density at radius 2 is 2.00 bits per heavy atom. The van der Waals surface area contributed by atoms with Gasteiger partial charge in [-0.2, -0.15) is 0 Å². The van der Waals surface area contributed by atoms with Crippen LogP contribution in [0.5, 0.6) is 0 Å². The van der Waals surface area contributed by atoms with Gasteiger partial charge in [0.2, 0.25) is 0 Å². The zero-order valence-corrected chi connectivity index (χ0v) is 11.6.